The molecule has 0 unspecified atom stereocenters. The van der Waals surface area contributed by atoms with Crippen molar-refractivity contribution in [3.8, 4) is 0 Å². The molecule has 2 aromatic carbocycles. The molecule has 0 saturated carbocycles. The van der Waals surface area contributed by atoms with E-state index in [2.05, 4.69) is 4.90 Å². The summed E-state index contributed by atoms with van der Waals surface area (Å²) in [5.74, 6) is -0.564. The van der Waals surface area contributed by atoms with Crippen molar-refractivity contribution in [3.63, 3.8) is 0 Å². The van der Waals surface area contributed by atoms with Crippen LogP contribution in [0.4, 0.5) is 8.78 Å². The fourth-order valence-electron chi connectivity index (χ4n) is 3.15. The summed E-state index contributed by atoms with van der Waals surface area (Å²) < 4.78 is 39.3. The van der Waals surface area contributed by atoms with Gasteiger partial charge in [0, 0.05) is 13.1 Å². The van der Waals surface area contributed by atoms with Crippen molar-refractivity contribution < 1.29 is 18.1 Å². The fourth-order valence-corrected chi connectivity index (χ4v) is 3.15. The highest BCUT2D eigenvalue weighted by Gasteiger charge is 2.51. The van der Waals surface area contributed by atoms with Gasteiger partial charge in [0.05, 0.1) is 11.2 Å². The molecule has 0 amide bonds. The monoisotopic (exact) mass is 373 g/mol. The minimum Gasteiger partial charge on any atom is -0.399 e. The van der Waals surface area contributed by atoms with Crippen LogP contribution in [0.1, 0.15) is 38.8 Å². The van der Waals surface area contributed by atoms with Crippen molar-refractivity contribution in [2.45, 2.75) is 52.0 Å². The first-order valence-electron chi connectivity index (χ1n) is 9.14. The zero-order chi connectivity index (χ0) is 19.8. The van der Waals surface area contributed by atoms with Crippen molar-refractivity contribution in [2.24, 2.45) is 0 Å². The quantitative estimate of drug-likeness (QED) is 0.743. The average Bonchev–Trinajstić information content (AvgIpc) is 2.77. The summed E-state index contributed by atoms with van der Waals surface area (Å²) in [7, 11) is 1.36. The predicted molar refractivity (Wildman–Crippen MR) is 104 cm³/mol. The second kappa shape index (κ2) is 7.34. The van der Waals surface area contributed by atoms with Gasteiger partial charge in [0.2, 0.25) is 0 Å². The predicted octanol–water partition coefficient (Wildman–Crippen LogP) is 3.90. The molecule has 0 spiro atoms. The molecule has 0 N–H and O–H groups in total. The maximum atomic E-state index is 14.2. The Hall–Kier alpha value is -1.76. The molecule has 1 aliphatic rings. The lowest BCUT2D eigenvalue weighted by molar-refractivity contribution is 0.00578. The summed E-state index contributed by atoms with van der Waals surface area (Å²) >= 11 is 0. The van der Waals surface area contributed by atoms with Crippen LogP contribution in [0.3, 0.4) is 0 Å². The first-order valence-corrected chi connectivity index (χ1v) is 9.14. The van der Waals surface area contributed by atoms with Gasteiger partial charge in [-0.15, -0.1) is 0 Å². The molecule has 144 valence electrons. The highest BCUT2D eigenvalue weighted by Crippen LogP contribution is 2.36. The van der Waals surface area contributed by atoms with Crippen LogP contribution in [-0.4, -0.2) is 30.3 Å². The molecular formula is C21H26BF2NO2. The maximum absolute atomic E-state index is 14.2. The van der Waals surface area contributed by atoms with E-state index in [-0.39, 0.29) is 11.6 Å². The van der Waals surface area contributed by atoms with E-state index in [4.69, 9.17) is 9.31 Å². The largest absolute Gasteiger partial charge is 0.494 e. The third-order valence-corrected chi connectivity index (χ3v) is 5.32. The van der Waals surface area contributed by atoms with Gasteiger partial charge in [-0.25, -0.2) is 8.78 Å². The average molecular weight is 373 g/mol. The van der Waals surface area contributed by atoms with Crippen LogP contribution < -0.4 is 5.46 Å². The minimum atomic E-state index is -0.591. The molecule has 0 aliphatic carbocycles. The first kappa shape index (κ1) is 20.0. The van der Waals surface area contributed by atoms with Crippen molar-refractivity contribution in [2.75, 3.05) is 7.05 Å². The van der Waals surface area contributed by atoms with Crippen LogP contribution in [-0.2, 0) is 22.4 Å². The number of halogens is 2. The third-order valence-electron chi connectivity index (χ3n) is 5.32. The summed E-state index contributed by atoms with van der Waals surface area (Å²) in [6.07, 6.45) is 0. The molecule has 0 aromatic heterocycles. The van der Waals surface area contributed by atoms with E-state index in [1.165, 1.54) is 24.3 Å². The number of rotatable bonds is 5. The van der Waals surface area contributed by atoms with Crippen molar-refractivity contribution >= 4 is 12.6 Å². The normalized spacial score (nSPS) is 18.3. The maximum Gasteiger partial charge on any atom is 0.494 e. The molecule has 0 bridgehead atoms. The molecule has 1 saturated heterocycles. The molecule has 27 heavy (non-hydrogen) atoms. The van der Waals surface area contributed by atoms with Gasteiger partial charge in [-0.2, -0.15) is 0 Å². The molecular weight excluding hydrogens is 347 g/mol. The Morgan fingerprint density at radius 2 is 1.37 bits per heavy atom. The Morgan fingerprint density at radius 1 is 0.815 bits per heavy atom. The lowest BCUT2D eigenvalue weighted by atomic mass is 9.78. The smallest absolute Gasteiger partial charge is 0.399 e. The van der Waals surface area contributed by atoms with E-state index in [0.29, 0.717) is 18.6 Å². The van der Waals surface area contributed by atoms with E-state index in [1.54, 1.807) is 12.1 Å². The van der Waals surface area contributed by atoms with Crippen molar-refractivity contribution in [3.05, 3.63) is 65.2 Å². The van der Waals surface area contributed by atoms with E-state index >= 15 is 0 Å². The fraction of sp³-hybridized carbons (Fsp3) is 0.429. The molecule has 1 aliphatic heterocycles. The van der Waals surface area contributed by atoms with Crippen LogP contribution in [0.15, 0.2) is 42.5 Å². The standard InChI is InChI=1S/C21H26BF2NO2/c1-20(2)21(3,4)27-22(26-20)17-10-16(11-19(24)12-17)14-25(5)13-15-6-8-18(23)9-7-15/h6-12H,13-14H2,1-5H3. The van der Waals surface area contributed by atoms with Gasteiger partial charge >= 0.3 is 7.12 Å². The molecule has 1 fully saturated rings. The molecule has 0 radical (unpaired) electrons. The zero-order valence-corrected chi connectivity index (χ0v) is 16.6. The van der Waals surface area contributed by atoms with Crippen LogP contribution in [0.5, 0.6) is 0 Å². The topological polar surface area (TPSA) is 21.7 Å². The summed E-state index contributed by atoms with van der Waals surface area (Å²) in [6.45, 7) is 9.10. The Kier molecular flexibility index (Phi) is 5.44. The highest BCUT2D eigenvalue weighted by atomic mass is 19.1. The summed E-state index contributed by atoms with van der Waals surface area (Å²) in [5.41, 5.74) is 1.58. The highest BCUT2D eigenvalue weighted by molar-refractivity contribution is 6.62. The molecule has 1 heterocycles. The number of hydrogen-bond donors (Lipinski definition) is 0. The number of benzene rings is 2. The Labute approximate surface area is 160 Å². The third kappa shape index (κ3) is 4.57. The van der Waals surface area contributed by atoms with Crippen LogP contribution in [0.2, 0.25) is 0 Å². The molecule has 0 atom stereocenters. The van der Waals surface area contributed by atoms with Gasteiger partial charge in [0.15, 0.2) is 0 Å². The second-order valence-electron chi connectivity index (χ2n) is 8.28. The van der Waals surface area contributed by atoms with Crippen LogP contribution in [0.25, 0.3) is 0 Å². The summed E-state index contributed by atoms with van der Waals surface area (Å²) in [5, 5.41) is 0. The Morgan fingerprint density at radius 3 is 1.96 bits per heavy atom. The SMILES string of the molecule is CN(Cc1ccc(F)cc1)Cc1cc(F)cc(B2OC(C)(C)C(C)(C)O2)c1. The summed E-state index contributed by atoms with van der Waals surface area (Å²) in [4.78, 5) is 2.05. The molecule has 3 nitrogen and oxygen atoms in total. The summed E-state index contributed by atoms with van der Waals surface area (Å²) in [6, 6.07) is 11.3. The van der Waals surface area contributed by atoms with E-state index < -0.39 is 18.3 Å². The molecule has 2 aromatic rings. The molecule has 3 rings (SSSR count). The van der Waals surface area contributed by atoms with E-state index in [0.717, 1.165) is 11.1 Å². The zero-order valence-electron chi connectivity index (χ0n) is 16.6. The Bertz CT molecular complexity index is 792. The second-order valence-corrected chi connectivity index (χ2v) is 8.28. The lowest BCUT2D eigenvalue weighted by Crippen LogP contribution is -2.41. The van der Waals surface area contributed by atoms with Gasteiger partial charge < -0.3 is 9.31 Å². The minimum absolute atomic E-state index is 0.251. The molecule has 6 heteroatoms. The van der Waals surface area contributed by atoms with Gasteiger partial charge in [0.1, 0.15) is 11.6 Å². The lowest BCUT2D eigenvalue weighted by Gasteiger charge is -2.32. The van der Waals surface area contributed by atoms with E-state index in [1.807, 2.05) is 40.8 Å². The van der Waals surface area contributed by atoms with Gasteiger partial charge in [0.25, 0.3) is 0 Å². The van der Waals surface area contributed by atoms with E-state index in [9.17, 15) is 8.78 Å². The van der Waals surface area contributed by atoms with Gasteiger partial charge in [-0.05, 0) is 75.6 Å². The van der Waals surface area contributed by atoms with Gasteiger partial charge in [-0.3, -0.25) is 4.90 Å². The first-order chi connectivity index (χ1) is 12.6. The van der Waals surface area contributed by atoms with Crippen LogP contribution in [0, 0.1) is 11.6 Å². The van der Waals surface area contributed by atoms with Crippen LogP contribution >= 0.6 is 0 Å². The number of hydrogen-bond acceptors (Lipinski definition) is 3. The Balaban J connectivity index is 1.73. The van der Waals surface area contributed by atoms with Crippen molar-refractivity contribution in [1.82, 2.24) is 4.90 Å². The van der Waals surface area contributed by atoms with Crippen molar-refractivity contribution in [1.29, 1.82) is 0 Å². The van der Waals surface area contributed by atoms with Gasteiger partial charge in [-0.1, -0.05) is 18.2 Å². The number of nitrogens with zero attached hydrogens (tertiary/aromatic N) is 1.